The lowest BCUT2D eigenvalue weighted by Gasteiger charge is -2.11. The number of carbonyl (C=O) groups is 1. The Morgan fingerprint density at radius 2 is 2.00 bits per heavy atom. The Bertz CT molecular complexity index is 179. The van der Waals surface area contributed by atoms with Crippen LogP contribution < -0.4 is 5.73 Å². The molecular weight excluding hydrogens is 206 g/mol. The van der Waals surface area contributed by atoms with Gasteiger partial charge in [-0.3, -0.25) is 4.79 Å². The molecule has 0 heterocycles. The zero-order valence-corrected chi connectivity index (χ0v) is 10.7. The van der Waals surface area contributed by atoms with Crippen LogP contribution in [0.3, 0.4) is 0 Å². The van der Waals surface area contributed by atoms with Crippen molar-refractivity contribution >= 4 is 5.97 Å². The van der Waals surface area contributed by atoms with Crippen LogP contribution in [0, 0.1) is 11.8 Å². The Morgan fingerprint density at radius 1 is 1.31 bits per heavy atom. The average Bonchev–Trinajstić information content (AvgIpc) is 2.25. The van der Waals surface area contributed by atoms with E-state index in [1.54, 1.807) is 0 Å². The summed E-state index contributed by atoms with van der Waals surface area (Å²) in [6.45, 7) is 8.25. The molecule has 0 aromatic carbocycles. The molecule has 0 bridgehead atoms. The van der Waals surface area contributed by atoms with Gasteiger partial charge in [-0.25, -0.2) is 0 Å². The Morgan fingerprint density at radius 3 is 2.50 bits per heavy atom. The molecule has 0 radical (unpaired) electrons. The molecule has 1 atom stereocenters. The molecule has 1 unspecified atom stereocenters. The maximum atomic E-state index is 11.3. The topological polar surface area (TPSA) is 61.6 Å². The van der Waals surface area contributed by atoms with E-state index in [-0.39, 0.29) is 11.9 Å². The molecule has 0 aliphatic rings. The summed E-state index contributed by atoms with van der Waals surface area (Å²) in [4.78, 5) is 11.3. The highest BCUT2D eigenvalue weighted by atomic mass is 16.6. The zero-order valence-electron chi connectivity index (χ0n) is 10.7. The lowest BCUT2D eigenvalue weighted by molar-refractivity contribution is -0.146. The summed E-state index contributed by atoms with van der Waals surface area (Å²) in [7, 11) is 0. The number of rotatable bonds is 9. The van der Waals surface area contributed by atoms with Crippen LogP contribution in [0.1, 0.15) is 33.6 Å². The van der Waals surface area contributed by atoms with E-state index >= 15 is 0 Å². The normalized spacial score (nSPS) is 12.8. The van der Waals surface area contributed by atoms with Gasteiger partial charge >= 0.3 is 5.97 Å². The third kappa shape index (κ3) is 8.68. The maximum absolute atomic E-state index is 11.3. The summed E-state index contributed by atoms with van der Waals surface area (Å²) in [5.74, 6) is 0.576. The van der Waals surface area contributed by atoms with Crippen LogP contribution in [-0.4, -0.2) is 32.3 Å². The zero-order chi connectivity index (χ0) is 12.4. The highest BCUT2D eigenvalue weighted by Gasteiger charge is 2.11. The van der Waals surface area contributed by atoms with Crippen LogP contribution in [0.25, 0.3) is 0 Å². The van der Waals surface area contributed by atoms with Gasteiger partial charge < -0.3 is 15.2 Å². The van der Waals surface area contributed by atoms with Crippen molar-refractivity contribution in [2.45, 2.75) is 33.6 Å². The van der Waals surface area contributed by atoms with E-state index in [9.17, 15) is 4.79 Å². The van der Waals surface area contributed by atoms with Gasteiger partial charge in [-0.05, 0) is 18.4 Å². The molecule has 0 aromatic heterocycles. The number of esters is 1. The van der Waals surface area contributed by atoms with E-state index in [0.29, 0.717) is 38.7 Å². The summed E-state index contributed by atoms with van der Waals surface area (Å²) in [5, 5.41) is 0. The summed E-state index contributed by atoms with van der Waals surface area (Å²) in [6, 6.07) is 0. The van der Waals surface area contributed by atoms with Gasteiger partial charge in [0.1, 0.15) is 6.61 Å². The van der Waals surface area contributed by atoms with Gasteiger partial charge in [0.15, 0.2) is 0 Å². The van der Waals surface area contributed by atoms with Crippen LogP contribution in [0.4, 0.5) is 0 Å². The first-order valence-electron chi connectivity index (χ1n) is 6.03. The van der Waals surface area contributed by atoms with Gasteiger partial charge in [0.05, 0.1) is 6.61 Å². The van der Waals surface area contributed by atoms with Gasteiger partial charge in [-0.1, -0.05) is 27.2 Å². The Labute approximate surface area is 98.5 Å². The van der Waals surface area contributed by atoms with Crippen molar-refractivity contribution < 1.29 is 14.3 Å². The predicted octanol–water partition coefficient (Wildman–Crippen LogP) is 1.58. The number of ether oxygens (including phenoxy) is 2. The summed E-state index contributed by atoms with van der Waals surface area (Å²) >= 11 is 0. The highest BCUT2D eigenvalue weighted by molar-refractivity contribution is 5.69. The van der Waals surface area contributed by atoms with Gasteiger partial charge in [0, 0.05) is 13.0 Å². The van der Waals surface area contributed by atoms with Crippen molar-refractivity contribution in [3.8, 4) is 0 Å². The monoisotopic (exact) mass is 231 g/mol. The third-order valence-corrected chi connectivity index (χ3v) is 2.31. The maximum Gasteiger partial charge on any atom is 0.306 e. The molecule has 0 aromatic rings. The molecule has 16 heavy (non-hydrogen) atoms. The van der Waals surface area contributed by atoms with E-state index in [1.807, 2.05) is 6.92 Å². The van der Waals surface area contributed by atoms with Gasteiger partial charge in [0.25, 0.3) is 0 Å². The molecular formula is C12H25NO3. The minimum Gasteiger partial charge on any atom is -0.463 e. The largest absolute Gasteiger partial charge is 0.463 e. The molecule has 0 rings (SSSR count). The molecule has 0 aliphatic carbocycles. The van der Waals surface area contributed by atoms with Crippen LogP contribution in [0.15, 0.2) is 0 Å². The minimum absolute atomic E-state index is 0.176. The second-order valence-corrected chi connectivity index (χ2v) is 4.40. The quantitative estimate of drug-likeness (QED) is 0.483. The first kappa shape index (κ1) is 15.4. The van der Waals surface area contributed by atoms with Crippen molar-refractivity contribution in [1.29, 1.82) is 0 Å². The van der Waals surface area contributed by atoms with Crippen LogP contribution in [0.2, 0.25) is 0 Å². The molecule has 0 saturated heterocycles. The fourth-order valence-electron chi connectivity index (χ4n) is 1.22. The number of carbonyl (C=O) groups excluding carboxylic acids is 1. The van der Waals surface area contributed by atoms with Gasteiger partial charge in [0.2, 0.25) is 0 Å². The van der Waals surface area contributed by atoms with Crippen molar-refractivity contribution in [3.63, 3.8) is 0 Å². The van der Waals surface area contributed by atoms with Crippen molar-refractivity contribution in [3.05, 3.63) is 0 Å². The highest BCUT2D eigenvalue weighted by Crippen LogP contribution is 2.06. The first-order chi connectivity index (χ1) is 7.60. The lowest BCUT2D eigenvalue weighted by atomic mass is 10.0. The molecule has 0 saturated carbocycles. The second-order valence-electron chi connectivity index (χ2n) is 4.40. The van der Waals surface area contributed by atoms with E-state index in [1.165, 1.54) is 0 Å². The third-order valence-electron chi connectivity index (χ3n) is 2.31. The Balaban J connectivity index is 3.43. The fraction of sp³-hybridized carbons (Fsp3) is 0.917. The lowest BCUT2D eigenvalue weighted by Crippen LogP contribution is -2.20. The Kier molecular flexibility index (Phi) is 9.24. The standard InChI is InChI=1S/C12H25NO3/c1-4-11(8-13)7-12(14)16-6-5-15-9-10(2)3/h10-11H,4-9,13H2,1-3H3. The van der Waals surface area contributed by atoms with Crippen molar-refractivity contribution in [2.75, 3.05) is 26.4 Å². The van der Waals surface area contributed by atoms with Gasteiger partial charge in [-0.15, -0.1) is 0 Å². The molecule has 2 N–H and O–H groups in total. The second kappa shape index (κ2) is 9.60. The molecule has 0 spiro atoms. The van der Waals surface area contributed by atoms with Crippen molar-refractivity contribution in [1.82, 2.24) is 0 Å². The van der Waals surface area contributed by atoms with E-state index in [0.717, 1.165) is 6.42 Å². The summed E-state index contributed by atoms with van der Waals surface area (Å²) in [6.07, 6.45) is 1.33. The molecule has 0 amide bonds. The number of hydrogen-bond acceptors (Lipinski definition) is 4. The van der Waals surface area contributed by atoms with Crippen molar-refractivity contribution in [2.24, 2.45) is 17.6 Å². The first-order valence-corrected chi connectivity index (χ1v) is 6.03. The number of nitrogens with two attached hydrogens (primary N) is 1. The van der Waals surface area contributed by atoms with E-state index in [4.69, 9.17) is 15.2 Å². The van der Waals surface area contributed by atoms with E-state index in [2.05, 4.69) is 13.8 Å². The van der Waals surface area contributed by atoms with Gasteiger partial charge in [-0.2, -0.15) is 0 Å². The smallest absolute Gasteiger partial charge is 0.306 e. The molecule has 4 heteroatoms. The fourth-order valence-corrected chi connectivity index (χ4v) is 1.22. The average molecular weight is 231 g/mol. The molecule has 0 fully saturated rings. The SMILES string of the molecule is CCC(CN)CC(=O)OCCOCC(C)C. The molecule has 0 aliphatic heterocycles. The molecule has 96 valence electrons. The number of hydrogen-bond donors (Lipinski definition) is 1. The Hall–Kier alpha value is -0.610. The van der Waals surface area contributed by atoms with Crippen LogP contribution >= 0.6 is 0 Å². The summed E-state index contributed by atoms with van der Waals surface area (Å²) in [5.41, 5.74) is 5.51. The molecule has 4 nitrogen and oxygen atoms in total. The predicted molar refractivity (Wildman–Crippen MR) is 64.1 cm³/mol. The van der Waals surface area contributed by atoms with Crippen LogP contribution in [-0.2, 0) is 14.3 Å². The van der Waals surface area contributed by atoms with E-state index < -0.39 is 0 Å². The summed E-state index contributed by atoms with van der Waals surface area (Å²) < 4.78 is 10.3. The minimum atomic E-state index is -0.176. The van der Waals surface area contributed by atoms with Crippen LogP contribution in [0.5, 0.6) is 0 Å².